The Morgan fingerprint density at radius 3 is 2.53 bits per heavy atom. The van der Waals surface area contributed by atoms with Gasteiger partial charge in [0.2, 0.25) is 0 Å². The lowest BCUT2D eigenvalue weighted by atomic mass is 10.1. The van der Waals surface area contributed by atoms with E-state index in [2.05, 4.69) is 15.9 Å². The molecule has 2 nitrogen and oxygen atoms in total. The minimum absolute atomic E-state index is 0.276. The van der Waals surface area contributed by atoms with E-state index >= 15 is 0 Å². The van der Waals surface area contributed by atoms with Crippen molar-refractivity contribution >= 4 is 15.9 Å². The van der Waals surface area contributed by atoms with E-state index in [0.717, 1.165) is 21.2 Å². The van der Waals surface area contributed by atoms with Gasteiger partial charge in [0.15, 0.2) is 0 Å². The lowest BCUT2D eigenvalue weighted by Gasteiger charge is -2.08. The van der Waals surface area contributed by atoms with Gasteiger partial charge in [0, 0.05) is 11.0 Å². The second-order valence-electron chi connectivity index (χ2n) is 4.26. The summed E-state index contributed by atoms with van der Waals surface area (Å²) < 4.78 is 19.9. The molecule has 2 N–H and O–H groups in total. The Labute approximate surface area is 120 Å². The van der Waals surface area contributed by atoms with Crippen LogP contribution in [0.5, 0.6) is 0 Å². The van der Waals surface area contributed by atoms with Crippen LogP contribution in [0.15, 0.2) is 46.9 Å². The van der Waals surface area contributed by atoms with E-state index in [1.54, 1.807) is 0 Å². The molecule has 4 heteroatoms. The number of ether oxygens (including phenoxy) is 1. The lowest BCUT2D eigenvalue weighted by Crippen LogP contribution is -2.00. The molecule has 2 aromatic carbocycles. The fourth-order valence-corrected chi connectivity index (χ4v) is 2.21. The summed E-state index contributed by atoms with van der Waals surface area (Å²) in [5.74, 6) is -0.276. The van der Waals surface area contributed by atoms with E-state index < -0.39 is 0 Å². The van der Waals surface area contributed by atoms with Crippen LogP contribution >= 0.6 is 15.9 Å². The van der Waals surface area contributed by atoms with Crippen LogP contribution in [0.3, 0.4) is 0 Å². The van der Waals surface area contributed by atoms with Crippen LogP contribution < -0.4 is 5.73 Å². The van der Waals surface area contributed by atoms with Crippen molar-refractivity contribution in [2.24, 2.45) is 5.73 Å². The van der Waals surface area contributed by atoms with Gasteiger partial charge in [0.05, 0.1) is 13.2 Å². The summed E-state index contributed by atoms with van der Waals surface area (Å²) in [5.41, 5.74) is 8.16. The zero-order valence-electron chi connectivity index (χ0n) is 10.4. The summed E-state index contributed by atoms with van der Waals surface area (Å²) >= 11 is 3.46. The number of hydrogen-bond acceptors (Lipinski definition) is 2. The Bertz CT molecular complexity index is 560. The van der Waals surface area contributed by atoms with Crippen molar-refractivity contribution in [3.63, 3.8) is 0 Å². The Kier molecular flexibility index (Phi) is 5.07. The quantitative estimate of drug-likeness (QED) is 0.909. The van der Waals surface area contributed by atoms with Gasteiger partial charge in [-0.1, -0.05) is 40.2 Å². The van der Waals surface area contributed by atoms with Crippen LogP contribution in [0.1, 0.15) is 16.7 Å². The zero-order chi connectivity index (χ0) is 13.7. The summed E-state index contributed by atoms with van der Waals surface area (Å²) in [6, 6.07) is 12.6. The standard InChI is InChI=1S/C15H15BrFNO/c16-15-4-2-1-3-13(15)10-19-9-12-5-11(8-18)6-14(17)7-12/h1-7H,8-10,18H2. The SMILES string of the molecule is NCc1cc(F)cc(COCc2ccccc2Br)c1. The summed E-state index contributed by atoms with van der Waals surface area (Å²) in [5, 5.41) is 0. The first-order valence-electron chi connectivity index (χ1n) is 5.98. The van der Waals surface area contributed by atoms with Crippen molar-refractivity contribution < 1.29 is 9.13 Å². The number of rotatable bonds is 5. The second-order valence-corrected chi connectivity index (χ2v) is 5.11. The highest BCUT2D eigenvalue weighted by Crippen LogP contribution is 2.17. The molecule has 2 rings (SSSR count). The lowest BCUT2D eigenvalue weighted by molar-refractivity contribution is 0.106. The van der Waals surface area contributed by atoms with Gasteiger partial charge in [0.25, 0.3) is 0 Å². The molecule has 0 aromatic heterocycles. The summed E-state index contributed by atoms with van der Waals surface area (Å²) in [4.78, 5) is 0. The first kappa shape index (κ1) is 14.2. The molecule has 0 aliphatic rings. The van der Waals surface area contributed by atoms with Crippen molar-refractivity contribution in [2.45, 2.75) is 19.8 Å². The van der Waals surface area contributed by atoms with E-state index in [1.165, 1.54) is 12.1 Å². The average Bonchev–Trinajstić information content (AvgIpc) is 2.40. The summed E-state index contributed by atoms with van der Waals surface area (Å²) in [7, 11) is 0. The smallest absolute Gasteiger partial charge is 0.123 e. The molecule has 0 spiro atoms. The van der Waals surface area contributed by atoms with Crippen molar-refractivity contribution in [3.8, 4) is 0 Å². The molecule has 0 radical (unpaired) electrons. The van der Waals surface area contributed by atoms with Crippen molar-refractivity contribution in [2.75, 3.05) is 0 Å². The molecule has 100 valence electrons. The second kappa shape index (κ2) is 6.80. The van der Waals surface area contributed by atoms with Gasteiger partial charge in [-0.15, -0.1) is 0 Å². The van der Waals surface area contributed by atoms with Crippen LogP contribution in [-0.2, 0) is 24.5 Å². The number of halogens is 2. The molecule has 0 saturated heterocycles. The molecule has 0 aliphatic carbocycles. The van der Waals surface area contributed by atoms with Gasteiger partial charge in [0.1, 0.15) is 5.82 Å². The monoisotopic (exact) mass is 323 g/mol. The Morgan fingerprint density at radius 2 is 1.79 bits per heavy atom. The van der Waals surface area contributed by atoms with Gasteiger partial charge in [-0.3, -0.25) is 0 Å². The molecule has 0 unspecified atom stereocenters. The molecular formula is C15H15BrFNO. The van der Waals surface area contributed by atoms with E-state index in [4.69, 9.17) is 10.5 Å². The van der Waals surface area contributed by atoms with E-state index in [1.807, 2.05) is 30.3 Å². The highest BCUT2D eigenvalue weighted by atomic mass is 79.9. The third kappa shape index (κ3) is 4.13. The molecule has 0 aliphatic heterocycles. The summed E-state index contributed by atoms with van der Waals surface area (Å²) in [6.45, 7) is 1.18. The molecule has 0 amide bonds. The normalized spacial score (nSPS) is 10.7. The highest BCUT2D eigenvalue weighted by molar-refractivity contribution is 9.10. The molecule has 0 atom stereocenters. The van der Waals surface area contributed by atoms with Crippen LogP contribution in [0, 0.1) is 5.82 Å². The van der Waals surface area contributed by atoms with Crippen LogP contribution in [0.2, 0.25) is 0 Å². The van der Waals surface area contributed by atoms with Gasteiger partial charge in [-0.25, -0.2) is 4.39 Å². The first-order chi connectivity index (χ1) is 9.19. The van der Waals surface area contributed by atoms with E-state index in [9.17, 15) is 4.39 Å². The van der Waals surface area contributed by atoms with Gasteiger partial charge in [-0.2, -0.15) is 0 Å². The van der Waals surface area contributed by atoms with Crippen LogP contribution in [0.4, 0.5) is 4.39 Å². The largest absolute Gasteiger partial charge is 0.372 e. The maximum Gasteiger partial charge on any atom is 0.123 e. The third-order valence-corrected chi connectivity index (χ3v) is 3.51. The summed E-state index contributed by atoms with van der Waals surface area (Å²) in [6.07, 6.45) is 0. The molecule has 0 fully saturated rings. The molecule has 2 aromatic rings. The highest BCUT2D eigenvalue weighted by Gasteiger charge is 2.02. The number of hydrogen-bond donors (Lipinski definition) is 1. The minimum Gasteiger partial charge on any atom is -0.372 e. The van der Waals surface area contributed by atoms with Crippen LogP contribution in [0.25, 0.3) is 0 Å². The predicted molar refractivity (Wildman–Crippen MR) is 76.9 cm³/mol. The average molecular weight is 324 g/mol. The van der Waals surface area contributed by atoms with Crippen LogP contribution in [-0.4, -0.2) is 0 Å². The molecule has 0 saturated carbocycles. The predicted octanol–water partition coefficient (Wildman–Crippen LogP) is 3.76. The number of benzene rings is 2. The fraction of sp³-hybridized carbons (Fsp3) is 0.200. The molecule has 0 bridgehead atoms. The van der Waals surface area contributed by atoms with Crippen molar-refractivity contribution in [3.05, 3.63) is 69.4 Å². The van der Waals surface area contributed by atoms with Crippen molar-refractivity contribution in [1.29, 1.82) is 0 Å². The molecular weight excluding hydrogens is 309 g/mol. The van der Waals surface area contributed by atoms with E-state index in [0.29, 0.717) is 19.8 Å². The zero-order valence-corrected chi connectivity index (χ0v) is 12.0. The topological polar surface area (TPSA) is 35.2 Å². The fourth-order valence-electron chi connectivity index (χ4n) is 1.81. The third-order valence-electron chi connectivity index (χ3n) is 2.74. The maximum absolute atomic E-state index is 13.3. The van der Waals surface area contributed by atoms with Crippen molar-refractivity contribution in [1.82, 2.24) is 0 Å². The van der Waals surface area contributed by atoms with Gasteiger partial charge >= 0.3 is 0 Å². The number of nitrogens with two attached hydrogens (primary N) is 1. The molecule has 19 heavy (non-hydrogen) atoms. The Hall–Kier alpha value is -1.23. The molecule has 0 heterocycles. The van der Waals surface area contributed by atoms with Gasteiger partial charge in [-0.05, 0) is 34.9 Å². The first-order valence-corrected chi connectivity index (χ1v) is 6.78. The van der Waals surface area contributed by atoms with Gasteiger partial charge < -0.3 is 10.5 Å². The minimum atomic E-state index is -0.276. The maximum atomic E-state index is 13.3. The Balaban J connectivity index is 1.96. The van der Waals surface area contributed by atoms with E-state index in [-0.39, 0.29) is 5.82 Å². The Morgan fingerprint density at radius 1 is 1.05 bits per heavy atom.